The quantitative estimate of drug-likeness (QED) is 0.180. The van der Waals surface area contributed by atoms with Crippen LogP contribution in [0.5, 0.6) is 5.75 Å². The van der Waals surface area contributed by atoms with Gasteiger partial charge >= 0.3 is 42.4 Å². The molecule has 38 nitrogen and oxygen atoms in total. The molecule has 0 bridgehead atoms. The third-order valence-corrected chi connectivity index (χ3v) is 19.6. The minimum Gasteiger partial charge on any atom is -0.490 e. The van der Waals surface area contributed by atoms with Crippen molar-refractivity contribution in [2.75, 3.05) is 170 Å². The highest BCUT2D eigenvalue weighted by Crippen LogP contribution is 2.36. The third-order valence-electron chi connectivity index (χ3n) is 19.6. The standard InChI is InChI=1S/C23H31N3O5.C15H26N2O5.C12H21NO5.C11H19NO5.C8H12N2O4.C7H14N2O3.ClH/c27-22(25-10-12-29-13-11-25)21-16-30-23(28)26(21)17-4-6-19(7-5-17)31-20-14-18(15-20)24-8-2-1-3-9-24;1-14(2,3)22-13(19)17-11(10-21-15(17,4)5)12(18)16-6-8-20-9-7-16;1-11(2,3)18-10(15)13-8(9(14)16-6)7-17-12(13,4)5;1-10(2,3)17-9(15)12-7(8(13)14)6-16-11(12,4)5;11-7(6-5-14-8(12)9-6)10-1-3-13-4-2-10;8-6(5-10)7(11)9-1-3-12-4-2-9;/h4-7,18,20-21H,1-3,8-16H2;11H,6-10H2,1-5H3;8H,7H2,1-6H3;7H,6H2,1-5H3,(H,13,14);6H,1-5H2,(H,9,12);6,10H,1-5,8H2;1H/t;11-;8-;7-;2*6-;/m.00000./s1. The number of rotatable bonds is 11. The number of amides is 9. The minimum atomic E-state index is -1.10. The number of cyclic esters (lactones) is 2. The van der Waals surface area contributed by atoms with Crippen LogP contribution in [0.4, 0.5) is 29.7 Å². The number of aliphatic hydroxyl groups is 1. The summed E-state index contributed by atoms with van der Waals surface area (Å²) in [5, 5.41) is 20.1. The lowest BCUT2D eigenvalue weighted by Gasteiger charge is -2.44. The number of esters is 1. The molecule has 10 aliphatic heterocycles. The molecule has 1 aromatic rings. The number of morpholine rings is 4. The lowest BCUT2D eigenvalue weighted by molar-refractivity contribution is -0.146. The molecule has 1 aliphatic carbocycles. The van der Waals surface area contributed by atoms with Gasteiger partial charge in [-0.2, -0.15) is 0 Å². The number of aliphatic carboxylic acids is 1. The normalized spacial score (nSPS) is 25.3. The summed E-state index contributed by atoms with van der Waals surface area (Å²) in [6, 6.07) is 3.76. The predicted molar refractivity (Wildman–Crippen MR) is 412 cm³/mol. The number of carbonyl (C=O) groups excluding carboxylic acids is 10. The Hall–Kier alpha value is -7.92. The molecule has 11 aliphatic rings. The van der Waals surface area contributed by atoms with Crippen LogP contribution in [-0.4, -0.2) is 363 Å². The zero-order valence-electron chi connectivity index (χ0n) is 69.5. The molecule has 10 heterocycles. The summed E-state index contributed by atoms with van der Waals surface area (Å²) in [5.74, 6) is -1.28. The van der Waals surface area contributed by atoms with Crippen molar-refractivity contribution in [2.24, 2.45) is 5.73 Å². The van der Waals surface area contributed by atoms with Gasteiger partial charge in [-0.1, -0.05) is 6.42 Å². The molecule has 115 heavy (non-hydrogen) atoms. The second kappa shape index (κ2) is 42.5. The van der Waals surface area contributed by atoms with Gasteiger partial charge in [-0.15, -0.1) is 12.4 Å². The highest BCUT2D eigenvalue weighted by molar-refractivity contribution is 6.00. The zero-order valence-corrected chi connectivity index (χ0v) is 70.4. The zero-order chi connectivity index (χ0) is 84.3. The molecule has 0 spiro atoms. The molecule has 9 amide bonds. The Morgan fingerprint density at radius 1 is 0.522 bits per heavy atom. The second-order valence-corrected chi connectivity index (χ2v) is 33.0. The van der Waals surface area contributed by atoms with Gasteiger partial charge < -0.3 is 112 Å². The maximum Gasteiger partial charge on any atom is 0.415 e. The smallest absolute Gasteiger partial charge is 0.415 e. The van der Waals surface area contributed by atoms with Crippen molar-refractivity contribution >= 4 is 84.1 Å². The molecule has 1 aromatic carbocycles. The summed E-state index contributed by atoms with van der Waals surface area (Å²) in [7, 11) is 1.28. The van der Waals surface area contributed by atoms with Gasteiger partial charge in [0.25, 0.3) is 0 Å². The maximum absolute atomic E-state index is 12.9. The van der Waals surface area contributed by atoms with Crippen LogP contribution < -0.4 is 20.7 Å². The number of carbonyl (C=O) groups is 11. The monoisotopic (exact) mass is 1660 g/mol. The summed E-state index contributed by atoms with van der Waals surface area (Å²) in [6.45, 7) is 37.6. The number of benzene rings is 1. The topological polar surface area (TPSA) is 425 Å². The molecule has 1 saturated carbocycles. The summed E-state index contributed by atoms with van der Waals surface area (Å²) in [5.41, 5.74) is 1.38. The Bertz CT molecular complexity index is 3390. The molecule has 1 unspecified atom stereocenters. The minimum absolute atomic E-state index is 0. The molecule has 39 heteroatoms. The van der Waals surface area contributed by atoms with Gasteiger partial charge in [-0.3, -0.25) is 38.8 Å². The number of methoxy groups -OCH3 is 1. The van der Waals surface area contributed by atoms with E-state index < -0.39 is 113 Å². The van der Waals surface area contributed by atoms with Gasteiger partial charge in [-0.05, 0) is 154 Å². The van der Waals surface area contributed by atoms with E-state index in [1.165, 1.54) is 54.2 Å². The van der Waals surface area contributed by atoms with Crippen LogP contribution in [0, 0.1) is 0 Å². The van der Waals surface area contributed by atoms with Crippen LogP contribution in [0.25, 0.3) is 0 Å². The Labute approximate surface area is 679 Å². The number of hydrogen-bond donors (Lipinski definition) is 4. The number of nitrogens with two attached hydrogens (primary N) is 1. The van der Waals surface area contributed by atoms with Crippen molar-refractivity contribution < 1.29 is 129 Å². The van der Waals surface area contributed by atoms with Crippen LogP contribution >= 0.6 is 12.4 Å². The van der Waals surface area contributed by atoms with E-state index >= 15 is 0 Å². The van der Waals surface area contributed by atoms with Crippen LogP contribution in [0.15, 0.2) is 24.3 Å². The highest BCUT2D eigenvalue weighted by atomic mass is 35.5. The van der Waals surface area contributed by atoms with Crippen LogP contribution in [0.2, 0.25) is 0 Å². The molecule has 652 valence electrons. The fourth-order valence-corrected chi connectivity index (χ4v) is 13.6. The van der Waals surface area contributed by atoms with E-state index in [1.807, 2.05) is 24.3 Å². The predicted octanol–water partition coefficient (Wildman–Crippen LogP) is 4.00. The summed E-state index contributed by atoms with van der Waals surface area (Å²) >= 11 is 0. The molecule has 5 N–H and O–H groups in total. The number of hydrogen-bond acceptors (Lipinski definition) is 28. The lowest BCUT2D eigenvalue weighted by atomic mass is 9.86. The number of likely N-dealkylation sites (tertiary alicyclic amines) is 1. The maximum atomic E-state index is 12.9. The Morgan fingerprint density at radius 2 is 0.913 bits per heavy atom. The van der Waals surface area contributed by atoms with Gasteiger partial charge in [-0.25, -0.2) is 33.6 Å². The number of carboxylic acid groups (broad SMARTS) is 1. The van der Waals surface area contributed by atoms with E-state index in [4.69, 9.17) is 72.8 Å². The van der Waals surface area contributed by atoms with Crippen LogP contribution in [-0.2, 0) is 90.3 Å². The number of halogens is 1. The van der Waals surface area contributed by atoms with Gasteiger partial charge in [0.05, 0.1) is 86.4 Å². The van der Waals surface area contributed by atoms with E-state index in [0.29, 0.717) is 117 Å². The van der Waals surface area contributed by atoms with Gasteiger partial charge in [0.2, 0.25) is 23.6 Å². The number of anilines is 1. The number of nitrogens with one attached hydrogen (secondary N) is 1. The van der Waals surface area contributed by atoms with Gasteiger partial charge in [0.15, 0.2) is 18.1 Å². The van der Waals surface area contributed by atoms with Crippen molar-refractivity contribution in [2.45, 2.75) is 218 Å². The van der Waals surface area contributed by atoms with E-state index in [2.05, 4.69) is 19.7 Å². The van der Waals surface area contributed by atoms with Crippen molar-refractivity contribution in [3.05, 3.63) is 24.3 Å². The molecular formula is C76H124ClN11O27. The molecule has 6 atom stereocenters. The van der Waals surface area contributed by atoms with Crippen molar-refractivity contribution in [1.82, 2.24) is 44.5 Å². The number of nitrogens with zero attached hydrogens (tertiary/aromatic N) is 9. The van der Waals surface area contributed by atoms with Crippen molar-refractivity contribution in [1.29, 1.82) is 0 Å². The Balaban J connectivity index is 0.000000221. The molecule has 12 rings (SSSR count). The highest BCUT2D eigenvalue weighted by Gasteiger charge is 2.53. The molecule has 0 aromatic heterocycles. The molecule has 10 saturated heterocycles. The van der Waals surface area contributed by atoms with Gasteiger partial charge in [0.1, 0.15) is 77.2 Å². The van der Waals surface area contributed by atoms with Crippen LogP contribution in [0.1, 0.15) is 136 Å². The van der Waals surface area contributed by atoms with Gasteiger partial charge in [0, 0.05) is 76.9 Å². The van der Waals surface area contributed by atoms with E-state index in [-0.39, 0.29) is 81.8 Å². The van der Waals surface area contributed by atoms with E-state index in [9.17, 15) is 52.7 Å². The Morgan fingerprint density at radius 3 is 1.31 bits per heavy atom. The number of aliphatic hydroxyl groups excluding tert-OH is 1. The van der Waals surface area contributed by atoms with Crippen LogP contribution in [0.3, 0.4) is 0 Å². The molecular weight excluding hydrogens is 1530 g/mol. The third kappa shape index (κ3) is 27.9. The first kappa shape index (κ1) is 95.9. The van der Waals surface area contributed by atoms with E-state index in [0.717, 1.165) is 23.5 Å². The summed E-state index contributed by atoms with van der Waals surface area (Å²) in [4.78, 5) is 146. The molecule has 11 fully saturated rings. The summed E-state index contributed by atoms with van der Waals surface area (Å²) in [6.07, 6.45) is 3.63. The van der Waals surface area contributed by atoms with E-state index in [1.54, 1.807) is 123 Å². The number of alkyl carbamates (subject to hydrolysis) is 1. The fraction of sp³-hybridized carbons (Fsp3) is 0.776. The first-order valence-electron chi connectivity index (χ1n) is 39.0. The average molecular weight is 1660 g/mol. The fourth-order valence-electron chi connectivity index (χ4n) is 13.6. The Kier molecular flexibility index (Phi) is 35.4. The SMILES string of the molecule is CC(C)(C)OC(=O)N1[C@H](C(=O)N2CCOCC2)COC1(C)C.CC(C)(C)OC(=O)N1[C@H](C(=O)O)COC1(C)C.COC(=O)[C@@H]1COC(C)(C)N1C(=O)OC(C)(C)C.Cl.N[C@@H](CO)C(=O)N1CCOCC1.O=C(C1COC(=O)N1c1ccc(OC2CC(N3CCCCC3)C2)cc1)N1CCOCC1.O=C1N[C@H](C(=O)N2CCOCC2)CO1. The number of ether oxygens (including phenoxy) is 14. The first-order valence-corrected chi connectivity index (χ1v) is 39.0. The van der Waals surface area contributed by atoms with Crippen molar-refractivity contribution in [3.8, 4) is 5.75 Å². The van der Waals surface area contributed by atoms with Crippen molar-refractivity contribution in [3.63, 3.8) is 0 Å². The largest absolute Gasteiger partial charge is 0.490 e. The number of carboxylic acids is 1. The average Bonchev–Trinajstić information content (AvgIpc) is 1.67. The molecule has 0 radical (unpaired) electrons. The first-order chi connectivity index (χ1) is 53.5. The lowest BCUT2D eigenvalue weighted by Crippen LogP contribution is -2.56. The number of piperidine rings is 1. The second-order valence-electron chi connectivity index (χ2n) is 33.0. The summed E-state index contributed by atoms with van der Waals surface area (Å²) < 4.78 is 73.7.